The van der Waals surface area contributed by atoms with Crippen LogP contribution in [0.15, 0.2) is 5.10 Å². The van der Waals surface area contributed by atoms with Crippen LogP contribution in [-0.2, 0) is 4.79 Å². The summed E-state index contributed by atoms with van der Waals surface area (Å²) in [5.41, 5.74) is 5.84. The van der Waals surface area contributed by atoms with Crippen LogP contribution in [0.2, 0.25) is 0 Å². The molecule has 2 heterocycles. The Labute approximate surface area is 103 Å². The molecule has 96 valence electrons. The minimum absolute atomic E-state index is 0.133. The van der Waals surface area contributed by atoms with Crippen molar-refractivity contribution < 1.29 is 4.79 Å². The highest BCUT2D eigenvalue weighted by Crippen LogP contribution is 2.27. The average molecular weight is 238 g/mol. The van der Waals surface area contributed by atoms with E-state index in [9.17, 15) is 4.79 Å². The van der Waals surface area contributed by atoms with E-state index in [-0.39, 0.29) is 5.92 Å². The second-order valence-electron chi connectivity index (χ2n) is 5.31. The summed E-state index contributed by atoms with van der Waals surface area (Å²) < 4.78 is 0. The number of amides is 1. The third-order valence-electron chi connectivity index (χ3n) is 3.79. The molecule has 5 heteroatoms. The minimum atomic E-state index is -0.391. The average Bonchev–Trinajstić information content (AvgIpc) is 2.60. The molecule has 0 spiro atoms. The Bertz CT molecular complexity index is 331. The molecule has 0 radical (unpaired) electrons. The Morgan fingerprint density at radius 1 is 1.29 bits per heavy atom. The highest BCUT2D eigenvalue weighted by atomic mass is 16.1. The normalized spacial score (nSPS) is 34.9. The van der Waals surface area contributed by atoms with Crippen LogP contribution < -0.4 is 5.73 Å². The van der Waals surface area contributed by atoms with Crippen LogP contribution in [0.5, 0.6) is 0 Å². The Balaban J connectivity index is 2.15. The van der Waals surface area contributed by atoms with Gasteiger partial charge in [-0.15, -0.1) is 0 Å². The number of piperidine rings is 1. The molecule has 0 aliphatic carbocycles. The van der Waals surface area contributed by atoms with Gasteiger partial charge in [-0.2, -0.15) is 10.1 Å². The summed E-state index contributed by atoms with van der Waals surface area (Å²) in [5.74, 6) is -0.258. The number of carbonyl (C=O) groups excluding carboxylic acids is 1. The van der Waals surface area contributed by atoms with E-state index in [1.165, 1.54) is 19.3 Å². The van der Waals surface area contributed by atoms with Crippen LogP contribution >= 0.6 is 0 Å². The van der Waals surface area contributed by atoms with Gasteiger partial charge < -0.3 is 5.73 Å². The molecule has 17 heavy (non-hydrogen) atoms. The number of hydrazone groups is 1. The monoisotopic (exact) mass is 238 g/mol. The fourth-order valence-electron chi connectivity index (χ4n) is 2.90. The topological polar surface area (TPSA) is 61.9 Å². The standard InChI is InChI=1S/C12H22N4O/c1-8-7-15(14-11(8)12(13)17)16-9(2)5-4-6-10(16)3/h8-10H,4-7H2,1-3H3,(H2,13,17). The molecule has 0 saturated carbocycles. The molecular weight excluding hydrogens is 216 g/mol. The molecule has 3 atom stereocenters. The van der Waals surface area contributed by atoms with Crippen LogP contribution in [0.4, 0.5) is 0 Å². The van der Waals surface area contributed by atoms with Crippen molar-refractivity contribution in [2.75, 3.05) is 6.54 Å². The molecule has 1 fully saturated rings. The van der Waals surface area contributed by atoms with Crippen molar-refractivity contribution in [3.8, 4) is 0 Å². The van der Waals surface area contributed by atoms with Gasteiger partial charge in [0.15, 0.2) is 0 Å². The predicted molar refractivity (Wildman–Crippen MR) is 67.1 cm³/mol. The van der Waals surface area contributed by atoms with Gasteiger partial charge in [0.2, 0.25) is 0 Å². The second-order valence-corrected chi connectivity index (χ2v) is 5.31. The third kappa shape index (κ3) is 2.29. The lowest BCUT2D eigenvalue weighted by molar-refractivity contribution is -0.112. The van der Waals surface area contributed by atoms with Crippen molar-refractivity contribution in [1.82, 2.24) is 10.1 Å². The van der Waals surface area contributed by atoms with Gasteiger partial charge >= 0.3 is 0 Å². The lowest BCUT2D eigenvalue weighted by atomic mass is 9.99. The van der Waals surface area contributed by atoms with E-state index in [0.717, 1.165) is 6.54 Å². The van der Waals surface area contributed by atoms with E-state index >= 15 is 0 Å². The molecule has 0 aromatic heterocycles. The maximum absolute atomic E-state index is 11.2. The second kappa shape index (κ2) is 4.64. The van der Waals surface area contributed by atoms with Crippen molar-refractivity contribution in [2.45, 2.75) is 52.1 Å². The van der Waals surface area contributed by atoms with Crippen molar-refractivity contribution in [3.63, 3.8) is 0 Å². The summed E-state index contributed by atoms with van der Waals surface area (Å²) in [4.78, 5) is 11.2. The number of hydrogen-bond acceptors (Lipinski definition) is 4. The zero-order chi connectivity index (χ0) is 12.6. The third-order valence-corrected chi connectivity index (χ3v) is 3.79. The molecule has 5 nitrogen and oxygen atoms in total. The van der Waals surface area contributed by atoms with Gasteiger partial charge in [0.05, 0.1) is 6.54 Å². The number of nitrogens with two attached hydrogens (primary N) is 1. The number of hydrazine groups is 1. The number of carbonyl (C=O) groups is 1. The first-order valence-electron chi connectivity index (χ1n) is 6.44. The first-order valence-corrected chi connectivity index (χ1v) is 6.44. The van der Waals surface area contributed by atoms with Crippen molar-refractivity contribution in [1.29, 1.82) is 0 Å². The van der Waals surface area contributed by atoms with E-state index in [1.807, 2.05) is 12.0 Å². The first-order chi connectivity index (χ1) is 8.00. The van der Waals surface area contributed by atoms with E-state index in [2.05, 4.69) is 24.0 Å². The SMILES string of the molecule is CC1CN(N2C(C)CCCC2C)N=C1C(N)=O. The van der Waals surface area contributed by atoms with Crippen LogP contribution in [0.3, 0.4) is 0 Å². The maximum Gasteiger partial charge on any atom is 0.265 e. The first kappa shape index (κ1) is 12.4. The summed E-state index contributed by atoms with van der Waals surface area (Å²) in [6.07, 6.45) is 3.65. The Hall–Kier alpha value is -1.10. The highest BCUT2D eigenvalue weighted by Gasteiger charge is 2.35. The van der Waals surface area contributed by atoms with E-state index in [1.54, 1.807) is 0 Å². The fourth-order valence-corrected chi connectivity index (χ4v) is 2.90. The molecule has 2 aliphatic rings. The van der Waals surface area contributed by atoms with Crippen LogP contribution in [0, 0.1) is 5.92 Å². The van der Waals surface area contributed by atoms with E-state index < -0.39 is 5.91 Å². The predicted octanol–water partition coefficient (Wildman–Crippen LogP) is 0.957. The number of rotatable bonds is 2. The maximum atomic E-state index is 11.2. The molecule has 1 amide bonds. The van der Waals surface area contributed by atoms with Crippen LogP contribution in [0.1, 0.15) is 40.0 Å². The minimum Gasteiger partial charge on any atom is -0.364 e. The largest absolute Gasteiger partial charge is 0.364 e. The molecule has 0 bridgehead atoms. The molecule has 3 unspecified atom stereocenters. The summed E-state index contributed by atoms with van der Waals surface area (Å²) in [6.45, 7) is 7.21. The smallest absolute Gasteiger partial charge is 0.265 e. The van der Waals surface area contributed by atoms with Gasteiger partial charge in [-0.1, -0.05) is 13.3 Å². The van der Waals surface area contributed by atoms with Gasteiger partial charge in [0.1, 0.15) is 5.71 Å². The number of nitrogens with zero attached hydrogens (tertiary/aromatic N) is 3. The number of primary amides is 1. The molecule has 2 aliphatic heterocycles. The molecule has 1 saturated heterocycles. The molecular formula is C12H22N4O. The van der Waals surface area contributed by atoms with Crippen molar-refractivity contribution in [3.05, 3.63) is 0 Å². The summed E-state index contributed by atoms with van der Waals surface area (Å²) in [7, 11) is 0. The lowest BCUT2D eigenvalue weighted by Gasteiger charge is -2.43. The van der Waals surface area contributed by atoms with Gasteiger partial charge in [-0.25, -0.2) is 5.12 Å². The van der Waals surface area contributed by atoms with Gasteiger partial charge in [0, 0.05) is 18.0 Å². The molecule has 0 aromatic rings. The van der Waals surface area contributed by atoms with E-state index in [0.29, 0.717) is 17.8 Å². The fraction of sp³-hybridized carbons (Fsp3) is 0.833. The summed E-state index contributed by atoms with van der Waals surface area (Å²) in [6, 6.07) is 0.976. The Morgan fingerprint density at radius 3 is 2.35 bits per heavy atom. The highest BCUT2D eigenvalue weighted by molar-refractivity contribution is 6.39. The van der Waals surface area contributed by atoms with Gasteiger partial charge in [-0.3, -0.25) is 4.79 Å². The number of hydrogen-bond donors (Lipinski definition) is 1. The molecule has 0 aromatic carbocycles. The Kier molecular flexibility index (Phi) is 3.38. The Morgan fingerprint density at radius 2 is 1.88 bits per heavy atom. The van der Waals surface area contributed by atoms with E-state index in [4.69, 9.17) is 5.73 Å². The zero-order valence-corrected chi connectivity index (χ0v) is 10.9. The van der Waals surface area contributed by atoms with Gasteiger partial charge in [0.25, 0.3) is 5.91 Å². The lowest BCUT2D eigenvalue weighted by Crippen LogP contribution is -2.51. The molecule has 2 N–H and O–H groups in total. The quantitative estimate of drug-likeness (QED) is 0.779. The summed E-state index contributed by atoms with van der Waals surface area (Å²) >= 11 is 0. The zero-order valence-electron chi connectivity index (χ0n) is 10.9. The molecule has 2 rings (SSSR count). The van der Waals surface area contributed by atoms with Crippen LogP contribution in [0.25, 0.3) is 0 Å². The van der Waals surface area contributed by atoms with Crippen LogP contribution in [-0.4, -0.2) is 40.4 Å². The van der Waals surface area contributed by atoms with Crippen molar-refractivity contribution in [2.24, 2.45) is 16.8 Å². The van der Waals surface area contributed by atoms with Gasteiger partial charge in [-0.05, 0) is 26.7 Å². The summed E-state index contributed by atoms with van der Waals surface area (Å²) in [5, 5.41) is 8.65. The van der Waals surface area contributed by atoms with Crippen molar-refractivity contribution >= 4 is 11.6 Å².